The van der Waals surface area contributed by atoms with Gasteiger partial charge in [-0.2, -0.15) is 9.65 Å². The summed E-state index contributed by atoms with van der Waals surface area (Å²) in [5.74, 6) is 0.0755. The highest BCUT2D eigenvalue weighted by Crippen LogP contribution is 2.17. The average Bonchev–Trinajstić information content (AvgIpc) is 2.18. The SMILES string of the molecule is N#CC(F)Oc1ccccc1C=O. The van der Waals surface area contributed by atoms with Crippen molar-refractivity contribution in [1.29, 1.82) is 5.26 Å². The molecule has 0 radical (unpaired) electrons. The van der Waals surface area contributed by atoms with E-state index in [1.807, 2.05) is 0 Å². The molecule has 1 rings (SSSR count). The fourth-order valence-electron chi connectivity index (χ4n) is 0.823. The van der Waals surface area contributed by atoms with Gasteiger partial charge in [0.05, 0.1) is 5.56 Å². The maximum atomic E-state index is 12.4. The monoisotopic (exact) mass is 179 g/mol. The lowest BCUT2D eigenvalue weighted by molar-refractivity contribution is 0.108. The summed E-state index contributed by atoms with van der Waals surface area (Å²) in [6.07, 6.45) is -1.50. The number of halogens is 1. The molecule has 0 amide bonds. The van der Waals surface area contributed by atoms with Crippen molar-refractivity contribution in [2.45, 2.75) is 6.36 Å². The zero-order valence-corrected chi connectivity index (χ0v) is 6.61. The lowest BCUT2D eigenvalue weighted by Crippen LogP contribution is -2.07. The minimum atomic E-state index is -2.04. The van der Waals surface area contributed by atoms with Gasteiger partial charge in [0.2, 0.25) is 0 Å². The van der Waals surface area contributed by atoms with Gasteiger partial charge in [0.15, 0.2) is 6.29 Å². The molecule has 1 aromatic carbocycles. The fourth-order valence-corrected chi connectivity index (χ4v) is 0.823. The molecular formula is C9H6FNO2. The van der Waals surface area contributed by atoms with Gasteiger partial charge >= 0.3 is 6.36 Å². The Morgan fingerprint density at radius 1 is 1.54 bits per heavy atom. The van der Waals surface area contributed by atoms with E-state index in [9.17, 15) is 9.18 Å². The quantitative estimate of drug-likeness (QED) is 0.663. The van der Waals surface area contributed by atoms with Gasteiger partial charge in [-0.3, -0.25) is 4.79 Å². The van der Waals surface area contributed by atoms with Crippen LogP contribution in [0.15, 0.2) is 24.3 Å². The van der Waals surface area contributed by atoms with Crippen molar-refractivity contribution >= 4 is 6.29 Å². The van der Waals surface area contributed by atoms with Crippen LogP contribution in [0, 0.1) is 11.3 Å². The number of benzene rings is 1. The largest absolute Gasteiger partial charge is 0.447 e. The number of carbonyl (C=O) groups excluding carboxylic acids is 1. The molecule has 4 heteroatoms. The van der Waals surface area contributed by atoms with E-state index in [1.54, 1.807) is 12.1 Å². The summed E-state index contributed by atoms with van der Waals surface area (Å²) in [5.41, 5.74) is 0.223. The summed E-state index contributed by atoms with van der Waals surface area (Å²) in [5, 5.41) is 8.12. The van der Waals surface area contributed by atoms with Crippen LogP contribution in [0.25, 0.3) is 0 Å². The molecule has 1 aromatic rings. The van der Waals surface area contributed by atoms with E-state index in [2.05, 4.69) is 4.74 Å². The van der Waals surface area contributed by atoms with E-state index in [0.717, 1.165) is 0 Å². The number of para-hydroxylation sites is 1. The first-order chi connectivity index (χ1) is 6.27. The highest BCUT2D eigenvalue weighted by molar-refractivity contribution is 5.79. The zero-order chi connectivity index (χ0) is 9.68. The van der Waals surface area contributed by atoms with Gasteiger partial charge < -0.3 is 4.74 Å². The summed E-state index contributed by atoms with van der Waals surface area (Å²) in [7, 11) is 0. The molecule has 3 nitrogen and oxygen atoms in total. The van der Waals surface area contributed by atoms with Crippen LogP contribution in [0.4, 0.5) is 4.39 Å². The number of carbonyl (C=O) groups is 1. The van der Waals surface area contributed by atoms with Gasteiger partial charge in [-0.15, -0.1) is 0 Å². The molecule has 0 N–H and O–H groups in total. The van der Waals surface area contributed by atoms with E-state index < -0.39 is 6.36 Å². The Balaban J connectivity index is 2.88. The molecule has 0 saturated heterocycles. The van der Waals surface area contributed by atoms with Crippen LogP contribution in [-0.2, 0) is 0 Å². The molecule has 1 atom stereocenters. The third kappa shape index (κ3) is 2.27. The molecule has 1 unspecified atom stereocenters. The molecule has 66 valence electrons. The Kier molecular flexibility index (Phi) is 2.98. The van der Waals surface area contributed by atoms with Crippen LogP contribution >= 0.6 is 0 Å². The summed E-state index contributed by atoms with van der Waals surface area (Å²) in [6, 6.07) is 7.37. The lowest BCUT2D eigenvalue weighted by Gasteiger charge is -2.05. The van der Waals surface area contributed by atoms with E-state index in [0.29, 0.717) is 6.29 Å². The van der Waals surface area contributed by atoms with E-state index >= 15 is 0 Å². The Morgan fingerprint density at radius 3 is 2.85 bits per heavy atom. The van der Waals surface area contributed by atoms with Gasteiger partial charge in [0.25, 0.3) is 0 Å². The number of rotatable bonds is 3. The molecule has 0 fully saturated rings. The summed E-state index contributed by atoms with van der Waals surface area (Å²) >= 11 is 0. The molecule has 0 aromatic heterocycles. The number of nitrogens with zero attached hydrogens (tertiary/aromatic N) is 1. The smallest absolute Gasteiger partial charge is 0.326 e. The van der Waals surface area contributed by atoms with Crippen molar-refractivity contribution in [3.8, 4) is 11.8 Å². The van der Waals surface area contributed by atoms with Crippen molar-refractivity contribution in [2.24, 2.45) is 0 Å². The van der Waals surface area contributed by atoms with Crippen molar-refractivity contribution in [3.63, 3.8) is 0 Å². The molecule has 13 heavy (non-hydrogen) atoms. The number of hydrogen-bond acceptors (Lipinski definition) is 3. The van der Waals surface area contributed by atoms with Crippen LogP contribution in [-0.4, -0.2) is 12.6 Å². The van der Waals surface area contributed by atoms with E-state index in [-0.39, 0.29) is 11.3 Å². The Hall–Kier alpha value is -1.89. The van der Waals surface area contributed by atoms with Crippen molar-refractivity contribution < 1.29 is 13.9 Å². The summed E-state index contributed by atoms with van der Waals surface area (Å²) < 4.78 is 17.0. The van der Waals surface area contributed by atoms with Crippen LogP contribution in [0.5, 0.6) is 5.75 Å². The number of nitriles is 1. The molecule has 0 saturated carbocycles. The van der Waals surface area contributed by atoms with Gasteiger partial charge in [-0.25, -0.2) is 0 Å². The zero-order valence-electron chi connectivity index (χ0n) is 6.61. The van der Waals surface area contributed by atoms with Crippen molar-refractivity contribution in [3.05, 3.63) is 29.8 Å². The first-order valence-electron chi connectivity index (χ1n) is 3.52. The number of aldehydes is 1. The molecule has 0 spiro atoms. The maximum Gasteiger partial charge on any atom is 0.326 e. The van der Waals surface area contributed by atoms with Gasteiger partial charge in [0, 0.05) is 0 Å². The van der Waals surface area contributed by atoms with Gasteiger partial charge in [0.1, 0.15) is 11.8 Å². The van der Waals surface area contributed by atoms with Crippen molar-refractivity contribution in [2.75, 3.05) is 0 Å². The highest BCUT2D eigenvalue weighted by atomic mass is 19.1. The molecule has 0 aliphatic carbocycles. The van der Waals surface area contributed by atoms with Crippen LogP contribution in [0.3, 0.4) is 0 Å². The number of alkyl halides is 1. The normalized spacial score (nSPS) is 11.4. The van der Waals surface area contributed by atoms with Gasteiger partial charge in [-0.05, 0) is 12.1 Å². The van der Waals surface area contributed by atoms with E-state index in [1.165, 1.54) is 18.2 Å². The number of hydrogen-bond donors (Lipinski definition) is 0. The minimum Gasteiger partial charge on any atom is -0.447 e. The van der Waals surface area contributed by atoms with Crippen LogP contribution in [0.1, 0.15) is 10.4 Å². The first kappa shape index (κ1) is 9.20. The van der Waals surface area contributed by atoms with Gasteiger partial charge in [-0.1, -0.05) is 12.1 Å². The lowest BCUT2D eigenvalue weighted by atomic mass is 10.2. The fraction of sp³-hybridized carbons (Fsp3) is 0.111. The summed E-state index contributed by atoms with van der Waals surface area (Å²) in [6.45, 7) is 0. The second-order valence-electron chi connectivity index (χ2n) is 2.22. The Bertz CT molecular complexity index is 346. The summed E-state index contributed by atoms with van der Waals surface area (Å²) in [4.78, 5) is 10.4. The average molecular weight is 179 g/mol. The molecule has 0 aliphatic heterocycles. The topological polar surface area (TPSA) is 50.1 Å². The third-order valence-corrected chi connectivity index (χ3v) is 1.38. The number of ether oxygens (including phenoxy) is 1. The Labute approximate surface area is 74.4 Å². The first-order valence-corrected chi connectivity index (χ1v) is 3.52. The molecule has 0 bridgehead atoms. The minimum absolute atomic E-state index is 0.0755. The third-order valence-electron chi connectivity index (χ3n) is 1.38. The predicted molar refractivity (Wildman–Crippen MR) is 43.0 cm³/mol. The molecule has 0 heterocycles. The predicted octanol–water partition coefficient (Wildman–Crippen LogP) is 1.70. The van der Waals surface area contributed by atoms with Crippen LogP contribution < -0.4 is 4.74 Å². The second-order valence-corrected chi connectivity index (χ2v) is 2.22. The molecule has 0 aliphatic rings. The maximum absolute atomic E-state index is 12.4. The standard InChI is InChI=1S/C9H6FNO2/c10-9(5-11)13-8-4-2-1-3-7(8)6-12/h1-4,6,9H. The molecular weight excluding hydrogens is 173 g/mol. The second kappa shape index (κ2) is 4.21. The van der Waals surface area contributed by atoms with Crippen LogP contribution in [0.2, 0.25) is 0 Å². The van der Waals surface area contributed by atoms with Crippen molar-refractivity contribution in [1.82, 2.24) is 0 Å². The van der Waals surface area contributed by atoms with E-state index in [4.69, 9.17) is 5.26 Å². The highest BCUT2D eigenvalue weighted by Gasteiger charge is 2.08. The Morgan fingerprint density at radius 2 is 2.23 bits per heavy atom.